The molecule has 0 aliphatic heterocycles. The standard InChI is InChI=1S/C52H72N2O2.C2H6/c1-8-42(30-37(5)53)55-43-19-11-16-38(31-43)52(39-17-12-20-44(32-39)56-45-21-13-18-41(54)33-45)29-28-50(6)40(34-52)22-23-46-48-25-24-47(51(48,7)27-26-49(46)50)36(4)15-10-9-14-35(2)3;1-2/h8,11-14,17-21,30-33,36,38,40,46-49H,9-10,15-16,22-29,34,53-54H2,1-7H3;1-2H3/b37-30+,42-8+;. The molecular formula is C54H78N2O2. The van der Waals surface area contributed by atoms with Gasteiger partial charge in [-0.15, -0.1) is 0 Å². The lowest BCUT2D eigenvalue weighted by Gasteiger charge is -2.63. The number of rotatable bonds is 12. The molecule has 4 N–H and O–H groups in total. The SMILES string of the molecule is C/C=C(\C=C(/C)N)OC1=CC(C2(c3cccc(Oc4cccc(N)c4)c3)CCC3(C)C(CCC4C3CCC3(C)C(C(C)CCCC=C(C)C)CCC43)C2)CC=C1.CC. The molecule has 0 amide bonds. The van der Waals surface area contributed by atoms with Gasteiger partial charge in [-0.25, -0.2) is 0 Å². The van der Waals surface area contributed by atoms with Crippen molar-refractivity contribution in [3.63, 3.8) is 0 Å². The maximum atomic E-state index is 6.52. The summed E-state index contributed by atoms with van der Waals surface area (Å²) >= 11 is 0. The first-order valence-corrected chi connectivity index (χ1v) is 23.3. The molecule has 2 aromatic rings. The van der Waals surface area contributed by atoms with Crippen molar-refractivity contribution >= 4 is 5.69 Å². The molecule has 0 heterocycles. The van der Waals surface area contributed by atoms with Gasteiger partial charge in [0.15, 0.2) is 0 Å². The van der Waals surface area contributed by atoms with Crippen LogP contribution in [0.2, 0.25) is 0 Å². The quantitative estimate of drug-likeness (QED) is 0.0739. The zero-order valence-electron chi connectivity index (χ0n) is 37.8. The second-order valence-corrected chi connectivity index (χ2v) is 19.6. The largest absolute Gasteiger partial charge is 0.458 e. The van der Waals surface area contributed by atoms with Crippen LogP contribution < -0.4 is 16.2 Å². The van der Waals surface area contributed by atoms with E-state index in [1.807, 2.05) is 64.1 Å². The average Bonchev–Trinajstić information content (AvgIpc) is 3.57. The van der Waals surface area contributed by atoms with Gasteiger partial charge in [-0.05, 0) is 211 Å². The topological polar surface area (TPSA) is 70.5 Å². The number of hydrogen-bond donors (Lipinski definition) is 2. The van der Waals surface area contributed by atoms with Crippen LogP contribution in [-0.4, -0.2) is 0 Å². The summed E-state index contributed by atoms with van der Waals surface area (Å²) in [5.41, 5.74) is 17.4. The van der Waals surface area contributed by atoms with Crippen molar-refractivity contribution in [1.29, 1.82) is 0 Å². The Labute approximate surface area is 353 Å². The van der Waals surface area contributed by atoms with Gasteiger partial charge >= 0.3 is 0 Å². The highest BCUT2D eigenvalue weighted by Gasteiger charge is 2.62. The number of nitrogen functional groups attached to an aromatic ring is 1. The highest BCUT2D eigenvalue weighted by atomic mass is 16.5. The molecule has 0 aromatic heterocycles. The van der Waals surface area contributed by atoms with Crippen LogP contribution in [0.1, 0.15) is 151 Å². The summed E-state index contributed by atoms with van der Waals surface area (Å²) in [6.07, 6.45) is 30.5. The van der Waals surface area contributed by atoms with Crippen molar-refractivity contribution in [2.24, 2.45) is 58.0 Å². The van der Waals surface area contributed by atoms with Gasteiger partial charge < -0.3 is 20.9 Å². The minimum atomic E-state index is -0.0241. The molecule has 10 unspecified atom stereocenters. The molecule has 0 bridgehead atoms. The summed E-state index contributed by atoms with van der Waals surface area (Å²) in [5, 5.41) is 0. The molecule has 4 fully saturated rings. The number of benzene rings is 2. The molecule has 58 heavy (non-hydrogen) atoms. The lowest BCUT2D eigenvalue weighted by atomic mass is 9.41. The van der Waals surface area contributed by atoms with Crippen molar-refractivity contribution in [2.45, 2.75) is 151 Å². The van der Waals surface area contributed by atoms with E-state index in [0.717, 1.165) is 64.7 Å². The summed E-state index contributed by atoms with van der Waals surface area (Å²) in [4.78, 5) is 0. The zero-order valence-corrected chi connectivity index (χ0v) is 37.8. The molecule has 4 nitrogen and oxygen atoms in total. The minimum Gasteiger partial charge on any atom is -0.458 e. The van der Waals surface area contributed by atoms with Crippen molar-refractivity contribution in [2.75, 3.05) is 5.73 Å². The first-order valence-electron chi connectivity index (χ1n) is 23.3. The van der Waals surface area contributed by atoms with Gasteiger partial charge in [0, 0.05) is 22.9 Å². The van der Waals surface area contributed by atoms with Gasteiger partial charge in [0.1, 0.15) is 23.0 Å². The number of nitrogens with two attached hydrogens (primary N) is 2. The minimum absolute atomic E-state index is 0.0241. The van der Waals surface area contributed by atoms with E-state index in [-0.39, 0.29) is 5.41 Å². The number of ether oxygens (including phenoxy) is 2. The predicted octanol–water partition coefficient (Wildman–Crippen LogP) is 15.0. The third-order valence-electron chi connectivity index (χ3n) is 16.1. The molecule has 4 saturated carbocycles. The molecule has 5 aliphatic carbocycles. The maximum Gasteiger partial charge on any atom is 0.129 e. The number of anilines is 1. The van der Waals surface area contributed by atoms with Crippen LogP contribution in [0.5, 0.6) is 11.5 Å². The molecule has 10 atom stereocenters. The fourth-order valence-corrected chi connectivity index (χ4v) is 13.3. The first kappa shape index (κ1) is 43.9. The zero-order chi connectivity index (χ0) is 41.7. The lowest BCUT2D eigenvalue weighted by molar-refractivity contribution is -0.127. The monoisotopic (exact) mass is 787 g/mol. The van der Waals surface area contributed by atoms with E-state index in [1.165, 1.54) is 88.2 Å². The highest BCUT2D eigenvalue weighted by molar-refractivity contribution is 5.46. The molecule has 2 aromatic carbocycles. The Morgan fingerprint density at radius 1 is 0.897 bits per heavy atom. The molecule has 5 aliphatic rings. The Bertz CT molecular complexity index is 1860. The van der Waals surface area contributed by atoms with Crippen molar-refractivity contribution in [3.8, 4) is 11.5 Å². The van der Waals surface area contributed by atoms with Gasteiger partial charge in [-0.2, -0.15) is 0 Å². The Morgan fingerprint density at radius 2 is 1.64 bits per heavy atom. The van der Waals surface area contributed by atoms with Crippen LogP contribution in [0, 0.1) is 52.3 Å². The second kappa shape index (κ2) is 18.7. The van der Waals surface area contributed by atoms with Crippen LogP contribution in [-0.2, 0) is 10.2 Å². The summed E-state index contributed by atoms with van der Waals surface area (Å²) in [7, 11) is 0. The fraction of sp³-hybridized carbons (Fsp3) is 0.593. The molecule has 4 heteroatoms. The molecule has 7 rings (SSSR count). The summed E-state index contributed by atoms with van der Waals surface area (Å²) < 4.78 is 13.0. The Morgan fingerprint density at radius 3 is 2.36 bits per heavy atom. The Balaban J connectivity index is 0.00000279. The number of hydrogen-bond acceptors (Lipinski definition) is 4. The highest BCUT2D eigenvalue weighted by Crippen LogP contribution is 2.70. The summed E-state index contributed by atoms with van der Waals surface area (Å²) in [6, 6.07) is 16.8. The van der Waals surface area contributed by atoms with Crippen LogP contribution in [0.3, 0.4) is 0 Å². The van der Waals surface area contributed by atoms with Gasteiger partial charge in [0.05, 0.1) is 0 Å². The van der Waals surface area contributed by atoms with E-state index in [4.69, 9.17) is 20.9 Å². The summed E-state index contributed by atoms with van der Waals surface area (Å²) in [6.45, 7) is 20.5. The van der Waals surface area contributed by atoms with Crippen molar-refractivity contribution in [3.05, 3.63) is 113 Å². The third-order valence-corrected chi connectivity index (χ3v) is 16.1. The van der Waals surface area contributed by atoms with Crippen LogP contribution in [0.25, 0.3) is 0 Å². The molecule has 0 saturated heterocycles. The van der Waals surface area contributed by atoms with E-state index in [9.17, 15) is 0 Å². The predicted molar refractivity (Wildman–Crippen MR) is 246 cm³/mol. The third kappa shape index (κ3) is 9.07. The first-order chi connectivity index (χ1) is 27.8. The molecule has 316 valence electrons. The average molecular weight is 787 g/mol. The smallest absolute Gasteiger partial charge is 0.129 e. The van der Waals surface area contributed by atoms with Crippen LogP contribution >= 0.6 is 0 Å². The Hall–Kier alpha value is -3.66. The van der Waals surface area contributed by atoms with Gasteiger partial charge in [0.25, 0.3) is 0 Å². The van der Waals surface area contributed by atoms with E-state index < -0.39 is 0 Å². The van der Waals surface area contributed by atoms with Crippen LogP contribution in [0.4, 0.5) is 5.69 Å². The number of unbranched alkanes of at least 4 members (excludes halogenated alkanes) is 1. The maximum absolute atomic E-state index is 6.52. The number of allylic oxidation sites excluding steroid dienone is 8. The normalized spacial score (nSPS) is 33.6. The molecular weight excluding hydrogens is 709 g/mol. The Kier molecular flexibility index (Phi) is 14.2. The number of fused-ring (bicyclic) bond motifs is 5. The van der Waals surface area contributed by atoms with Crippen LogP contribution in [0.15, 0.2) is 108 Å². The fourth-order valence-electron chi connectivity index (χ4n) is 13.3. The van der Waals surface area contributed by atoms with E-state index >= 15 is 0 Å². The van der Waals surface area contributed by atoms with Gasteiger partial charge in [0.2, 0.25) is 0 Å². The second-order valence-electron chi connectivity index (χ2n) is 19.6. The van der Waals surface area contributed by atoms with Crippen molar-refractivity contribution in [1.82, 2.24) is 0 Å². The molecule has 0 spiro atoms. The lowest BCUT2D eigenvalue weighted by Crippen LogP contribution is -2.56. The van der Waals surface area contributed by atoms with E-state index in [0.29, 0.717) is 28.4 Å². The van der Waals surface area contributed by atoms with E-state index in [1.54, 1.807) is 0 Å². The molecule has 0 radical (unpaired) electrons. The van der Waals surface area contributed by atoms with Crippen molar-refractivity contribution < 1.29 is 9.47 Å². The van der Waals surface area contributed by atoms with Gasteiger partial charge in [-0.1, -0.05) is 77.0 Å². The van der Waals surface area contributed by atoms with Gasteiger partial charge in [-0.3, -0.25) is 0 Å². The van der Waals surface area contributed by atoms with E-state index in [2.05, 4.69) is 83.2 Å². The summed E-state index contributed by atoms with van der Waals surface area (Å²) in [5.74, 6) is 8.73.